The topological polar surface area (TPSA) is 71.1 Å². The zero-order chi connectivity index (χ0) is 20.6. The smallest absolute Gasteiger partial charge is 0.251 e. The maximum atomic E-state index is 12.8. The Bertz CT molecular complexity index is 973. The molecule has 1 heterocycles. The largest absolute Gasteiger partial charge is 0.340 e. The Labute approximate surface area is 179 Å². The second-order valence-electron chi connectivity index (χ2n) is 6.57. The minimum Gasteiger partial charge on any atom is -0.340 e. The van der Waals surface area contributed by atoms with Gasteiger partial charge in [0.05, 0.1) is 5.69 Å². The normalized spacial score (nSPS) is 11.7. The Hall–Kier alpha value is -2.64. The standard InChI is InChI=1S/C22H23N3O2S2/c1-15-7-6-10-17(13-15)20(26)23-18(11-12-28-2)21(27)25-22-24-19(14-29-22)16-8-4-3-5-9-16/h3-10,13-14,18H,11-12H2,1-2H3,(H,23,26)(H,24,25,27). The van der Waals surface area contributed by atoms with Gasteiger partial charge < -0.3 is 10.6 Å². The number of aromatic nitrogens is 1. The summed E-state index contributed by atoms with van der Waals surface area (Å²) in [7, 11) is 0. The van der Waals surface area contributed by atoms with Gasteiger partial charge in [-0.15, -0.1) is 11.3 Å². The van der Waals surface area contributed by atoms with Crippen LogP contribution in [0.4, 0.5) is 5.13 Å². The molecule has 0 radical (unpaired) electrons. The van der Waals surface area contributed by atoms with Crippen molar-refractivity contribution in [2.24, 2.45) is 0 Å². The molecule has 0 aliphatic carbocycles. The van der Waals surface area contributed by atoms with Crippen LogP contribution < -0.4 is 10.6 Å². The first-order chi connectivity index (χ1) is 14.1. The number of anilines is 1. The molecule has 29 heavy (non-hydrogen) atoms. The summed E-state index contributed by atoms with van der Waals surface area (Å²) in [5.41, 5.74) is 3.36. The molecule has 150 valence electrons. The summed E-state index contributed by atoms with van der Waals surface area (Å²) in [6, 6.07) is 16.5. The molecule has 5 nitrogen and oxygen atoms in total. The van der Waals surface area contributed by atoms with Crippen molar-refractivity contribution in [2.45, 2.75) is 19.4 Å². The van der Waals surface area contributed by atoms with Crippen molar-refractivity contribution in [3.8, 4) is 11.3 Å². The number of aryl methyl sites for hydroxylation is 1. The average Bonchev–Trinajstić information content (AvgIpc) is 3.20. The Balaban J connectivity index is 1.69. The molecule has 0 bridgehead atoms. The second-order valence-corrected chi connectivity index (χ2v) is 8.41. The summed E-state index contributed by atoms with van der Waals surface area (Å²) < 4.78 is 0. The third-order valence-corrected chi connectivity index (χ3v) is 5.72. The maximum absolute atomic E-state index is 12.8. The highest BCUT2D eigenvalue weighted by molar-refractivity contribution is 7.98. The third-order valence-electron chi connectivity index (χ3n) is 4.32. The van der Waals surface area contributed by atoms with Crippen LogP contribution in [0.3, 0.4) is 0 Å². The van der Waals surface area contributed by atoms with E-state index in [1.807, 2.05) is 67.1 Å². The third kappa shape index (κ3) is 5.92. The summed E-state index contributed by atoms with van der Waals surface area (Å²) in [5, 5.41) is 8.15. The van der Waals surface area contributed by atoms with E-state index in [4.69, 9.17) is 0 Å². The molecule has 1 aromatic heterocycles. The van der Waals surface area contributed by atoms with Gasteiger partial charge in [-0.25, -0.2) is 4.98 Å². The first kappa shape index (κ1) is 21.1. The van der Waals surface area contributed by atoms with Gasteiger partial charge in [0.2, 0.25) is 5.91 Å². The molecule has 7 heteroatoms. The lowest BCUT2D eigenvalue weighted by molar-refractivity contribution is -0.118. The fourth-order valence-corrected chi connectivity index (χ4v) is 3.99. The Morgan fingerprint density at radius 3 is 2.66 bits per heavy atom. The molecule has 2 N–H and O–H groups in total. The number of thioether (sulfide) groups is 1. The van der Waals surface area contributed by atoms with E-state index < -0.39 is 6.04 Å². The highest BCUT2D eigenvalue weighted by atomic mass is 32.2. The molecular formula is C22H23N3O2S2. The number of hydrogen-bond acceptors (Lipinski definition) is 5. The fraction of sp³-hybridized carbons (Fsp3) is 0.227. The van der Waals surface area contributed by atoms with Gasteiger partial charge in [-0.05, 0) is 37.5 Å². The molecule has 0 aliphatic heterocycles. The predicted molar refractivity (Wildman–Crippen MR) is 122 cm³/mol. The van der Waals surface area contributed by atoms with Crippen LogP contribution in [-0.4, -0.2) is 34.8 Å². The van der Waals surface area contributed by atoms with Gasteiger partial charge in [0.15, 0.2) is 5.13 Å². The van der Waals surface area contributed by atoms with E-state index in [1.54, 1.807) is 17.8 Å². The monoisotopic (exact) mass is 425 g/mol. The average molecular weight is 426 g/mol. The van der Waals surface area contributed by atoms with E-state index in [-0.39, 0.29) is 11.8 Å². The Morgan fingerprint density at radius 2 is 1.93 bits per heavy atom. The van der Waals surface area contributed by atoms with Gasteiger partial charge in [0, 0.05) is 16.5 Å². The van der Waals surface area contributed by atoms with Crippen LogP contribution in [0.5, 0.6) is 0 Å². The number of nitrogens with zero attached hydrogens (tertiary/aromatic N) is 1. The van der Waals surface area contributed by atoms with Crippen molar-refractivity contribution in [1.82, 2.24) is 10.3 Å². The lowest BCUT2D eigenvalue weighted by Crippen LogP contribution is -2.44. The molecule has 1 atom stereocenters. The number of carbonyl (C=O) groups is 2. The zero-order valence-corrected chi connectivity index (χ0v) is 18.0. The van der Waals surface area contributed by atoms with E-state index in [0.29, 0.717) is 17.1 Å². The first-order valence-corrected chi connectivity index (χ1v) is 11.5. The Morgan fingerprint density at radius 1 is 1.14 bits per heavy atom. The summed E-state index contributed by atoms with van der Waals surface area (Å²) in [5.74, 6) is 0.257. The van der Waals surface area contributed by atoms with Crippen LogP contribution in [0.15, 0.2) is 60.0 Å². The van der Waals surface area contributed by atoms with Gasteiger partial charge in [-0.1, -0.05) is 48.0 Å². The van der Waals surface area contributed by atoms with Crippen molar-refractivity contribution in [1.29, 1.82) is 0 Å². The molecule has 1 unspecified atom stereocenters. The number of thiazole rings is 1. The van der Waals surface area contributed by atoms with E-state index >= 15 is 0 Å². The molecule has 3 aromatic rings. The van der Waals surface area contributed by atoms with Gasteiger partial charge in [-0.2, -0.15) is 11.8 Å². The quantitative estimate of drug-likeness (QED) is 0.553. The fourth-order valence-electron chi connectivity index (χ4n) is 2.80. The highest BCUT2D eigenvalue weighted by Gasteiger charge is 2.22. The number of rotatable bonds is 8. The van der Waals surface area contributed by atoms with Crippen LogP contribution in [0.25, 0.3) is 11.3 Å². The lowest BCUT2D eigenvalue weighted by Gasteiger charge is -2.17. The summed E-state index contributed by atoms with van der Waals surface area (Å²) in [4.78, 5) is 29.9. The van der Waals surface area contributed by atoms with Crippen molar-refractivity contribution in [3.05, 3.63) is 71.1 Å². The van der Waals surface area contributed by atoms with Gasteiger partial charge >= 0.3 is 0 Å². The highest BCUT2D eigenvalue weighted by Crippen LogP contribution is 2.24. The Kier molecular flexibility index (Phi) is 7.43. The lowest BCUT2D eigenvalue weighted by atomic mass is 10.1. The SMILES string of the molecule is CSCCC(NC(=O)c1cccc(C)c1)C(=O)Nc1nc(-c2ccccc2)cs1. The number of carbonyl (C=O) groups excluding carboxylic acids is 2. The van der Waals surface area contributed by atoms with Crippen molar-refractivity contribution in [2.75, 3.05) is 17.3 Å². The van der Waals surface area contributed by atoms with E-state index in [2.05, 4.69) is 15.6 Å². The second kappa shape index (κ2) is 10.2. The molecule has 0 spiro atoms. The zero-order valence-electron chi connectivity index (χ0n) is 16.3. The van der Waals surface area contributed by atoms with Crippen molar-refractivity contribution in [3.63, 3.8) is 0 Å². The minimum atomic E-state index is -0.625. The van der Waals surface area contributed by atoms with Crippen LogP contribution >= 0.6 is 23.1 Å². The number of benzene rings is 2. The summed E-state index contributed by atoms with van der Waals surface area (Å²) >= 11 is 3.01. The van der Waals surface area contributed by atoms with Crippen LogP contribution in [0.1, 0.15) is 22.3 Å². The first-order valence-electron chi connectivity index (χ1n) is 9.25. The summed E-state index contributed by atoms with van der Waals surface area (Å²) in [6.07, 6.45) is 2.52. The van der Waals surface area contributed by atoms with Gasteiger partial charge in [0.1, 0.15) is 6.04 Å². The summed E-state index contributed by atoms with van der Waals surface area (Å²) in [6.45, 7) is 1.93. The van der Waals surface area contributed by atoms with Crippen LogP contribution in [0.2, 0.25) is 0 Å². The molecule has 0 fully saturated rings. The van der Waals surface area contributed by atoms with Crippen LogP contribution in [0, 0.1) is 6.92 Å². The number of hydrogen-bond donors (Lipinski definition) is 2. The van der Waals surface area contributed by atoms with Gasteiger partial charge in [-0.3, -0.25) is 9.59 Å². The molecule has 3 rings (SSSR count). The molecule has 2 amide bonds. The number of nitrogens with one attached hydrogen (secondary N) is 2. The number of amides is 2. The van der Waals surface area contributed by atoms with Crippen molar-refractivity contribution < 1.29 is 9.59 Å². The van der Waals surface area contributed by atoms with E-state index in [0.717, 1.165) is 22.6 Å². The molecular weight excluding hydrogens is 402 g/mol. The minimum absolute atomic E-state index is 0.251. The maximum Gasteiger partial charge on any atom is 0.251 e. The van der Waals surface area contributed by atoms with E-state index in [1.165, 1.54) is 11.3 Å². The van der Waals surface area contributed by atoms with Crippen LogP contribution in [-0.2, 0) is 4.79 Å². The molecule has 2 aromatic carbocycles. The molecule has 0 aliphatic rings. The van der Waals surface area contributed by atoms with E-state index in [9.17, 15) is 9.59 Å². The predicted octanol–water partition coefficient (Wildman–Crippen LogP) is 4.61. The van der Waals surface area contributed by atoms with Gasteiger partial charge in [0.25, 0.3) is 5.91 Å². The van der Waals surface area contributed by atoms with Crippen molar-refractivity contribution >= 4 is 40.0 Å². The molecule has 0 saturated heterocycles. The molecule has 0 saturated carbocycles.